The Morgan fingerprint density at radius 2 is 1.60 bits per heavy atom. The standard InChI is InChI=1S/C18H18OS/c19-15-7-12-18(20-17-10-5-2-6-11-17)14-13-16-8-3-1-4-9-16/h1-12,15,18H,13-14H2/b12-7+. The molecule has 102 valence electrons. The first-order valence-corrected chi connectivity index (χ1v) is 7.64. The van der Waals surface area contributed by atoms with Gasteiger partial charge in [0, 0.05) is 10.1 Å². The van der Waals surface area contributed by atoms with Crippen LogP contribution in [0.25, 0.3) is 0 Å². The van der Waals surface area contributed by atoms with Gasteiger partial charge in [-0.15, -0.1) is 11.8 Å². The summed E-state index contributed by atoms with van der Waals surface area (Å²) in [6.45, 7) is 0. The van der Waals surface area contributed by atoms with Gasteiger partial charge in [0.15, 0.2) is 0 Å². The van der Waals surface area contributed by atoms with E-state index in [0.717, 1.165) is 19.1 Å². The smallest absolute Gasteiger partial charge is 0.142 e. The van der Waals surface area contributed by atoms with Crippen LogP contribution in [0.15, 0.2) is 77.7 Å². The number of thioether (sulfide) groups is 1. The Morgan fingerprint density at radius 1 is 0.950 bits per heavy atom. The maximum atomic E-state index is 10.5. The molecule has 2 aromatic carbocycles. The minimum absolute atomic E-state index is 0.322. The number of carbonyl (C=O) groups excluding carboxylic acids is 1. The summed E-state index contributed by atoms with van der Waals surface area (Å²) in [6.07, 6.45) is 6.49. The van der Waals surface area contributed by atoms with Crippen LogP contribution in [0.5, 0.6) is 0 Å². The van der Waals surface area contributed by atoms with E-state index in [2.05, 4.69) is 36.4 Å². The van der Waals surface area contributed by atoms with Crippen molar-refractivity contribution in [1.82, 2.24) is 0 Å². The van der Waals surface area contributed by atoms with Crippen molar-refractivity contribution >= 4 is 18.0 Å². The first-order chi connectivity index (χ1) is 9.88. The molecule has 0 heterocycles. The molecule has 0 N–H and O–H groups in total. The molecule has 0 spiro atoms. The summed E-state index contributed by atoms with van der Waals surface area (Å²) in [5.41, 5.74) is 1.34. The van der Waals surface area contributed by atoms with E-state index in [9.17, 15) is 4.79 Å². The molecule has 1 atom stereocenters. The van der Waals surface area contributed by atoms with Gasteiger partial charge in [0.1, 0.15) is 6.29 Å². The molecule has 0 aliphatic heterocycles. The van der Waals surface area contributed by atoms with Crippen molar-refractivity contribution in [3.63, 3.8) is 0 Å². The Hall–Kier alpha value is -1.80. The summed E-state index contributed by atoms with van der Waals surface area (Å²) in [5, 5.41) is 0.322. The summed E-state index contributed by atoms with van der Waals surface area (Å²) >= 11 is 1.80. The Balaban J connectivity index is 1.97. The number of hydrogen-bond acceptors (Lipinski definition) is 2. The van der Waals surface area contributed by atoms with Gasteiger partial charge < -0.3 is 0 Å². The highest BCUT2D eigenvalue weighted by Crippen LogP contribution is 2.27. The van der Waals surface area contributed by atoms with Crippen LogP contribution < -0.4 is 0 Å². The molecule has 0 aromatic heterocycles. The molecule has 2 aromatic rings. The molecule has 0 saturated heterocycles. The fourth-order valence-electron chi connectivity index (χ4n) is 1.99. The van der Waals surface area contributed by atoms with Gasteiger partial charge in [-0.3, -0.25) is 4.79 Å². The minimum Gasteiger partial charge on any atom is -0.299 e. The number of rotatable bonds is 7. The second kappa shape index (κ2) is 8.39. The van der Waals surface area contributed by atoms with Gasteiger partial charge in [0.2, 0.25) is 0 Å². The maximum absolute atomic E-state index is 10.5. The monoisotopic (exact) mass is 282 g/mol. The SMILES string of the molecule is O=C/C=C/C(CCc1ccccc1)Sc1ccccc1. The van der Waals surface area contributed by atoms with Crippen molar-refractivity contribution in [1.29, 1.82) is 0 Å². The largest absolute Gasteiger partial charge is 0.299 e. The summed E-state index contributed by atoms with van der Waals surface area (Å²) in [5.74, 6) is 0. The minimum atomic E-state index is 0.322. The molecular weight excluding hydrogens is 264 g/mol. The van der Waals surface area contributed by atoms with Crippen LogP contribution in [0.4, 0.5) is 0 Å². The van der Waals surface area contributed by atoms with Gasteiger partial charge in [0.05, 0.1) is 0 Å². The van der Waals surface area contributed by atoms with E-state index in [1.54, 1.807) is 17.8 Å². The van der Waals surface area contributed by atoms with Gasteiger partial charge in [-0.2, -0.15) is 0 Å². The van der Waals surface area contributed by atoms with Gasteiger partial charge in [-0.05, 0) is 36.6 Å². The van der Waals surface area contributed by atoms with Crippen molar-refractivity contribution in [2.45, 2.75) is 23.0 Å². The second-order valence-electron chi connectivity index (χ2n) is 4.51. The molecule has 0 radical (unpaired) electrons. The topological polar surface area (TPSA) is 17.1 Å². The molecule has 0 saturated carbocycles. The lowest BCUT2D eigenvalue weighted by Crippen LogP contribution is -2.01. The molecule has 1 nitrogen and oxygen atoms in total. The van der Waals surface area contributed by atoms with E-state index in [0.29, 0.717) is 5.25 Å². The number of carbonyl (C=O) groups is 1. The lowest BCUT2D eigenvalue weighted by molar-refractivity contribution is -0.104. The molecule has 0 bridgehead atoms. The number of hydrogen-bond donors (Lipinski definition) is 0. The summed E-state index contributed by atoms with van der Waals surface area (Å²) in [6, 6.07) is 20.8. The second-order valence-corrected chi connectivity index (χ2v) is 5.83. The highest BCUT2D eigenvalue weighted by atomic mass is 32.2. The molecule has 0 amide bonds. The van der Waals surface area contributed by atoms with Crippen molar-refractivity contribution < 1.29 is 4.79 Å². The van der Waals surface area contributed by atoms with E-state index in [1.807, 2.05) is 30.3 Å². The van der Waals surface area contributed by atoms with E-state index < -0.39 is 0 Å². The fraction of sp³-hybridized carbons (Fsp3) is 0.167. The van der Waals surface area contributed by atoms with Crippen LogP contribution in [-0.4, -0.2) is 11.5 Å². The third-order valence-corrected chi connectivity index (χ3v) is 4.24. The van der Waals surface area contributed by atoms with E-state index in [4.69, 9.17) is 0 Å². The highest BCUT2D eigenvalue weighted by Gasteiger charge is 2.07. The normalized spacial score (nSPS) is 12.4. The van der Waals surface area contributed by atoms with Crippen molar-refractivity contribution in [3.8, 4) is 0 Å². The molecule has 2 heteroatoms. The fourth-order valence-corrected chi connectivity index (χ4v) is 3.06. The predicted molar refractivity (Wildman–Crippen MR) is 86.1 cm³/mol. The van der Waals surface area contributed by atoms with Crippen LogP contribution in [0.2, 0.25) is 0 Å². The van der Waals surface area contributed by atoms with Crippen LogP contribution in [0.1, 0.15) is 12.0 Å². The summed E-state index contributed by atoms with van der Waals surface area (Å²) in [7, 11) is 0. The number of aldehydes is 1. The van der Waals surface area contributed by atoms with E-state index >= 15 is 0 Å². The number of aryl methyl sites for hydroxylation is 1. The molecule has 1 unspecified atom stereocenters. The Kier molecular flexibility index (Phi) is 6.12. The molecule has 0 aliphatic rings. The quantitative estimate of drug-likeness (QED) is 0.421. The van der Waals surface area contributed by atoms with Crippen molar-refractivity contribution in [2.24, 2.45) is 0 Å². The zero-order chi connectivity index (χ0) is 14.0. The predicted octanol–water partition coefficient (Wildman–Crippen LogP) is 4.54. The average molecular weight is 282 g/mol. The first-order valence-electron chi connectivity index (χ1n) is 6.76. The van der Waals surface area contributed by atoms with Crippen molar-refractivity contribution in [2.75, 3.05) is 0 Å². The molecule has 20 heavy (non-hydrogen) atoms. The van der Waals surface area contributed by atoms with Crippen LogP contribution >= 0.6 is 11.8 Å². The van der Waals surface area contributed by atoms with E-state index in [1.165, 1.54) is 10.5 Å². The zero-order valence-corrected chi connectivity index (χ0v) is 12.1. The summed E-state index contributed by atoms with van der Waals surface area (Å²) < 4.78 is 0. The van der Waals surface area contributed by atoms with Gasteiger partial charge in [-0.25, -0.2) is 0 Å². The van der Waals surface area contributed by atoms with Crippen LogP contribution in [0, 0.1) is 0 Å². The van der Waals surface area contributed by atoms with Gasteiger partial charge >= 0.3 is 0 Å². The maximum Gasteiger partial charge on any atom is 0.142 e. The lowest BCUT2D eigenvalue weighted by Gasteiger charge is -2.12. The van der Waals surface area contributed by atoms with Crippen LogP contribution in [0.3, 0.4) is 0 Å². The summed E-state index contributed by atoms with van der Waals surface area (Å²) in [4.78, 5) is 11.8. The van der Waals surface area contributed by atoms with Crippen molar-refractivity contribution in [3.05, 3.63) is 78.4 Å². The van der Waals surface area contributed by atoms with Gasteiger partial charge in [0.25, 0.3) is 0 Å². The Labute approximate surface area is 124 Å². The van der Waals surface area contributed by atoms with Crippen LogP contribution in [-0.2, 0) is 11.2 Å². The third-order valence-electron chi connectivity index (χ3n) is 3.00. The first kappa shape index (κ1) is 14.6. The Bertz CT molecular complexity index is 534. The molecular formula is C18H18OS. The lowest BCUT2D eigenvalue weighted by atomic mass is 10.1. The number of allylic oxidation sites excluding steroid dienone is 1. The highest BCUT2D eigenvalue weighted by molar-refractivity contribution is 8.00. The molecule has 0 aliphatic carbocycles. The number of benzene rings is 2. The third kappa shape index (κ3) is 5.06. The van der Waals surface area contributed by atoms with E-state index in [-0.39, 0.29) is 0 Å². The zero-order valence-electron chi connectivity index (χ0n) is 11.3. The molecule has 2 rings (SSSR count). The Morgan fingerprint density at radius 3 is 2.25 bits per heavy atom. The molecule has 0 fully saturated rings. The average Bonchev–Trinajstić information content (AvgIpc) is 2.52. The van der Waals surface area contributed by atoms with Gasteiger partial charge in [-0.1, -0.05) is 54.6 Å².